The first-order valence-electron chi connectivity index (χ1n) is 6.71. The SMILES string of the molecule is CC(=O)CSc1nc2sc3c(c2c(=O)[nH]1)CC[C@H](C)C3. The molecule has 0 amide bonds. The zero-order chi connectivity index (χ0) is 14.3. The summed E-state index contributed by atoms with van der Waals surface area (Å²) >= 11 is 2.93. The highest BCUT2D eigenvalue weighted by atomic mass is 32.2. The largest absolute Gasteiger partial charge is 0.301 e. The van der Waals surface area contributed by atoms with Gasteiger partial charge in [-0.05, 0) is 37.7 Å². The fraction of sp³-hybridized carbons (Fsp3) is 0.500. The molecule has 3 rings (SSSR count). The van der Waals surface area contributed by atoms with Gasteiger partial charge in [0.2, 0.25) is 0 Å². The van der Waals surface area contributed by atoms with Crippen LogP contribution in [-0.4, -0.2) is 21.5 Å². The Hall–Kier alpha value is -1.14. The molecule has 1 N–H and O–H groups in total. The summed E-state index contributed by atoms with van der Waals surface area (Å²) in [5.41, 5.74) is 1.13. The van der Waals surface area contributed by atoms with Crippen molar-refractivity contribution in [1.29, 1.82) is 0 Å². The molecule has 0 unspecified atom stereocenters. The number of thiophene rings is 1. The number of aryl methyl sites for hydroxylation is 1. The minimum absolute atomic E-state index is 0.0619. The Labute approximate surface area is 125 Å². The molecule has 0 saturated carbocycles. The second kappa shape index (κ2) is 5.33. The predicted molar refractivity (Wildman–Crippen MR) is 82.8 cm³/mol. The van der Waals surface area contributed by atoms with E-state index in [4.69, 9.17) is 0 Å². The summed E-state index contributed by atoms with van der Waals surface area (Å²) in [4.78, 5) is 32.7. The number of hydrogen-bond acceptors (Lipinski definition) is 5. The van der Waals surface area contributed by atoms with E-state index < -0.39 is 0 Å². The van der Waals surface area contributed by atoms with Crippen LogP contribution in [0.2, 0.25) is 0 Å². The van der Waals surface area contributed by atoms with Crippen molar-refractivity contribution in [3.05, 3.63) is 20.8 Å². The summed E-state index contributed by atoms with van der Waals surface area (Å²) in [6.07, 6.45) is 3.16. The molecule has 0 saturated heterocycles. The maximum atomic E-state index is 12.3. The highest BCUT2D eigenvalue weighted by Gasteiger charge is 2.23. The van der Waals surface area contributed by atoms with Crippen LogP contribution in [0.4, 0.5) is 0 Å². The molecule has 2 heterocycles. The van der Waals surface area contributed by atoms with E-state index in [0.717, 1.165) is 29.5 Å². The van der Waals surface area contributed by atoms with E-state index in [-0.39, 0.29) is 11.3 Å². The van der Waals surface area contributed by atoms with Crippen LogP contribution in [0, 0.1) is 5.92 Å². The quantitative estimate of drug-likeness (QED) is 0.699. The minimum atomic E-state index is -0.0619. The first kappa shape index (κ1) is 13.8. The topological polar surface area (TPSA) is 62.8 Å². The summed E-state index contributed by atoms with van der Waals surface area (Å²) in [6.45, 7) is 3.79. The number of rotatable bonds is 3. The Morgan fingerprint density at radius 3 is 3.10 bits per heavy atom. The lowest BCUT2D eigenvalue weighted by Crippen LogP contribution is -2.13. The van der Waals surface area contributed by atoms with Crippen LogP contribution in [0.1, 0.15) is 30.7 Å². The minimum Gasteiger partial charge on any atom is -0.301 e. The van der Waals surface area contributed by atoms with E-state index in [1.165, 1.54) is 29.1 Å². The fourth-order valence-corrected chi connectivity index (χ4v) is 4.67. The molecular formula is C14H16N2O2S2. The summed E-state index contributed by atoms with van der Waals surface area (Å²) < 4.78 is 0. The van der Waals surface area contributed by atoms with Gasteiger partial charge in [-0.15, -0.1) is 11.3 Å². The van der Waals surface area contributed by atoms with Crippen molar-refractivity contribution < 1.29 is 4.79 Å². The number of carbonyl (C=O) groups is 1. The van der Waals surface area contributed by atoms with Gasteiger partial charge in [0, 0.05) is 4.88 Å². The Balaban J connectivity index is 2.05. The second-order valence-electron chi connectivity index (χ2n) is 5.39. The summed E-state index contributed by atoms with van der Waals surface area (Å²) in [7, 11) is 0. The number of nitrogens with one attached hydrogen (secondary N) is 1. The molecule has 2 aromatic rings. The third kappa shape index (κ3) is 2.54. The number of hydrogen-bond donors (Lipinski definition) is 1. The lowest BCUT2D eigenvalue weighted by Gasteiger charge is -2.17. The fourth-order valence-electron chi connectivity index (χ4n) is 2.57. The van der Waals surface area contributed by atoms with Crippen LogP contribution < -0.4 is 5.56 Å². The van der Waals surface area contributed by atoms with Gasteiger partial charge < -0.3 is 4.98 Å². The number of nitrogens with zero attached hydrogens (tertiary/aromatic N) is 1. The molecule has 0 spiro atoms. The third-order valence-corrected chi connectivity index (χ3v) is 5.72. The van der Waals surface area contributed by atoms with Gasteiger partial charge in [-0.2, -0.15) is 0 Å². The molecule has 0 aliphatic heterocycles. The van der Waals surface area contributed by atoms with Crippen LogP contribution in [0.15, 0.2) is 9.95 Å². The molecule has 20 heavy (non-hydrogen) atoms. The zero-order valence-corrected chi connectivity index (χ0v) is 13.1. The van der Waals surface area contributed by atoms with Crippen molar-refractivity contribution in [3.63, 3.8) is 0 Å². The number of aromatic nitrogens is 2. The van der Waals surface area contributed by atoms with Crippen molar-refractivity contribution in [2.45, 2.75) is 38.3 Å². The van der Waals surface area contributed by atoms with Crippen molar-refractivity contribution in [2.75, 3.05) is 5.75 Å². The molecule has 0 fully saturated rings. The van der Waals surface area contributed by atoms with E-state index >= 15 is 0 Å². The van der Waals surface area contributed by atoms with Gasteiger partial charge in [0.25, 0.3) is 5.56 Å². The van der Waals surface area contributed by atoms with E-state index in [9.17, 15) is 9.59 Å². The molecule has 0 aromatic carbocycles. The van der Waals surface area contributed by atoms with Gasteiger partial charge in [0.1, 0.15) is 10.6 Å². The van der Waals surface area contributed by atoms with Gasteiger partial charge in [-0.3, -0.25) is 9.59 Å². The average molecular weight is 308 g/mol. The van der Waals surface area contributed by atoms with Gasteiger partial charge >= 0.3 is 0 Å². The Kier molecular flexibility index (Phi) is 3.69. The molecule has 2 aromatic heterocycles. The number of aromatic amines is 1. The Morgan fingerprint density at radius 1 is 1.55 bits per heavy atom. The molecule has 1 aliphatic carbocycles. The maximum absolute atomic E-state index is 12.3. The number of H-pyrrole nitrogens is 1. The van der Waals surface area contributed by atoms with Crippen LogP contribution in [-0.2, 0) is 17.6 Å². The number of ketones is 1. The van der Waals surface area contributed by atoms with Gasteiger partial charge in [0.15, 0.2) is 5.16 Å². The monoisotopic (exact) mass is 308 g/mol. The smallest absolute Gasteiger partial charge is 0.260 e. The van der Waals surface area contributed by atoms with Crippen molar-refractivity contribution in [1.82, 2.24) is 9.97 Å². The first-order valence-corrected chi connectivity index (χ1v) is 8.51. The van der Waals surface area contributed by atoms with Crippen LogP contribution in [0.5, 0.6) is 0 Å². The number of carbonyl (C=O) groups excluding carboxylic acids is 1. The number of thioether (sulfide) groups is 1. The predicted octanol–water partition coefficient (Wildman–Crippen LogP) is 2.79. The molecule has 1 aliphatic rings. The van der Waals surface area contributed by atoms with E-state index in [1.807, 2.05) is 0 Å². The lowest BCUT2D eigenvalue weighted by atomic mass is 9.89. The van der Waals surface area contributed by atoms with E-state index in [2.05, 4.69) is 16.9 Å². The van der Waals surface area contributed by atoms with Crippen LogP contribution >= 0.6 is 23.1 Å². The lowest BCUT2D eigenvalue weighted by molar-refractivity contribution is -0.114. The summed E-state index contributed by atoms with van der Waals surface area (Å²) in [6, 6.07) is 0. The molecular weight excluding hydrogens is 292 g/mol. The summed E-state index contributed by atoms with van der Waals surface area (Å²) in [5.74, 6) is 1.11. The van der Waals surface area contributed by atoms with Crippen molar-refractivity contribution in [2.24, 2.45) is 5.92 Å². The maximum Gasteiger partial charge on any atom is 0.260 e. The molecule has 0 bridgehead atoms. The number of Topliss-reactive ketones (excluding diaryl/α,β-unsaturated/α-hetero) is 1. The highest BCUT2D eigenvalue weighted by molar-refractivity contribution is 7.99. The van der Waals surface area contributed by atoms with Crippen molar-refractivity contribution >= 4 is 39.1 Å². The molecule has 106 valence electrons. The summed E-state index contributed by atoms with van der Waals surface area (Å²) in [5, 5.41) is 1.31. The van der Waals surface area contributed by atoms with Crippen LogP contribution in [0.25, 0.3) is 10.2 Å². The Morgan fingerprint density at radius 2 is 2.35 bits per heavy atom. The Bertz CT molecular complexity index is 733. The zero-order valence-electron chi connectivity index (χ0n) is 11.5. The first-order chi connectivity index (χ1) is 9.54. The highest BCUT2D eigenvalue weighted by Crippen LogP contribution is 2.36. The van der Waals surface area contributed by atoms with Crippen molar-refractivity contribution in [3.8, 4) is 0 Å². The van der Waals surface area contributed by atoms with Gasteiger partial charge in [-0.1, -0.05) is 18.7 Å². The average Bonchev–Trinajstić information content (AvgIpc) is 2.73. The van der Waals surface area contributed by atoms with Gasteiger partial charge in [-0.25, -0.2) is 4.98 Å². The third-order valence-electron chi connectivity index (χ3n) is 3.56. The molecule has 4 nitrogen and oxygen atoms in total. The van der Waals surface area contributed by atoms with Gasteiger partial charge in [0.05, 0.1) is 11.1 Å². The normalized spacial score (nSPS) is 18.2. The molecule has 6 heteroatoms. The number of fused-ring (bicyclic) bond motifs is 3. The van der Waals surface area contributed by atoms with Crippen LogP contribution in [0.3, 0.4) is 0 Å². The van der Waals surface area contributed by atoms with E-state index in [0.29, 0.717) is 16.8 Å². The molecule has 1 atom stereocenters. The molecule has 0 radical (unpaired) electrons. The van der Waals surface area contributed by atoms with E-state index in [1.54, 1.807) is 11.3 Å². The second-order valence-corrected chi connectivity index (χ2v) is 7.44. The standard InChI is InChI=1S/C14H16N2O2S2/c1-7-3-4-9-10(5-7)20-13-11(9)12(18)15-14(16-13)19-6-8(2)17/h7H,3-6H2,1-2H3,(H,15,16,18)/t7-/m0/s1.